The third-order valence-electron chi connectivity index (χ3n) is 6.44. The first kappa shape index (κ1) is 26.0. The van der Waals surface area contributed by atoms with E-state index < -0.39 is 28.7 Å². The van der Waals surface area contributed by atoms with Crippen LogP contribution in [0.15, 0.2) is 66.7 Å². The van der Waals surface area contributed by atoms with Gasteiger partial charge in [0.25, 0.3) is 11.6 Å². The molecule has 1 aromatic heterocycles. The van der Waals surface area contributed by atoms with Gasteiger partial charge in [0.15, 0.2) is 6.10 Å². The van der Waals surface area contributed by atoms with Crippen LogP contribution in [-0.2, 0) is 16.0 Å². The lowest BCUT2D eigenvalue weighted by Crippen LogP contribution is -2.30. The van der Waals surface area contributed by atoms with E-state index in [1.807, 2.05) is 0 Å². The number of non-ortho nitro benzene ring substituents is 1. The number of nitrogens with one attached hydrogen (secondary N) is 1. The van der Waals surface area contributed by atoms with Gasteiger partial charge >= 0.3 is 5.97 Å². The molecule has 8 nitrogen and oxygen atoms in total. The molecule has 1 atom stereocenters. The molecule has 1 heterocycles. The fourth-order valence-corrected chi connectivity index (χ4v) is 4.77. The van der Waals surface area contributed by atoms with Gasteiger partial charge in [-0.3, -0.25) is 14.9 Å². The number of carbonyl (C=O) groups excluding carboxylic acids is 2. The van der Waals surface area contributed by atoms with Crippen LogP contribution in [0.4, 0.5) is 15.8 Å². The van der Waals surface area contributed by atoms with Crippen molar-refractivity contribution in [2.24, 2.45) is 0 Å². The average molecular weight is 546 g/mol. The first-order chi connectivity index (χ1) is 18.7. The van der Waals surface area contributed by atoms with Gasteiger partial charge in [-0.05, 0) is 61.2 Å². The van der Waals surface area contributed by atoms with E-state index >= 15 is 0 Å². The summed E-state index contributed by atoms with van der Waals surface area (Å²) >= 11 is 6.23. The minimum absolute atomic E-state index is 0.184. The Bertz CT molecular complexity index is 1670. The normalized spacial score (nSPS) is 14.2. The van der Waals surface area contributed by atoms with Gasteiger partial charge in [-0.25, -0.2) is 14.2 Å². The number of carbonyl (C=O) groups is 2. The lowest BCUT2D eigenvalue weighted by Gasteiger charge is -2.16. The zero-order valence-corrected chi connectivity index (χ0v) is 21.4. The molecule has 1 aliphatic rings. The average Bonchev–Trinajstić information content (AvgIpc) is 3.31. The monoisotopic (exact) mass is 545 g/mol. The standard InChI is InChI=1S/C29H21ClFN3O5/c1-16(28(35)32-18-6-4-7-19(15-18)34(37)38)39-29(36)26-20-8-2-3-11-25(20)33-27-17(12-13-21(26)27)14-22-23(30)9-5-10-24(22)31/h2-11,14-16H,12-13H2,1H3,(H,32,35)/b17-14+/t16-/m1/s1. The molecule has 1 N–H and O–H groups in total. The number of anilines is 1. The number of nitro benzene ring substituents is 1. The summed E-state index contributed by atoms with van der Waals surface area (Å²) in [5.74, 6) is -1.82. The fourth-order valence-electron chi connectivity index (χ4n) is 4.55. The number of rotatable bonds is 6. The Kier molecular flexibility index (Phi) is 7.08. The molecule has 3 aromatic carbocycles. The molecule has 4 aromatic rings. The number of hydrogen-bond acceptors (Lipinski definition) is 6. The quantitative estimate of drug-likeness (QED) is 0.166. The van der Waals surface area contributed by atoms with Crippen molar-refractivity contribution in [3.63, 3.8) is 0 Å². The van der Waals surface area contributed by atoms with Crippen molar-refractivity contribution >= 4 is 57.4 Å². The minimum atomic E-state index is -1.20. The van der Waals surface area contributed by atoms with Crippen LogP contribution in [0.2, 0.25) is 5.02 Å². The first-order valence-electron chi connectivity index (χ1n) is 12.1. The predicted octanol–water partition coefficient (Wildman–Crippen LogP) is 6.61. The number of esters is 1. The zero-order valence-electron chi connectivity index (χ0n) is 20.6. The minimum Gasteiger partial charge on any atom is -0.449 e. The van der Waals surface area contributed by atoms with Crippen molar-refractivity contribution < 1.29 is 23.6 Å². The second-order valence-electron chi connectivity index (χ2n) is 8.98. The molecule has 196 valence electrons. The van der Waals surface area contributed by atoms with Gasteiger partial charge in [-0.1, -0.05) is 41.9 Å². The number of para-hydroxylation sites is 1. The molecule has 1 aliphatic carbocycles. The Balaban J connectivity index is 1.46. The highest BCUT2D eigenvalue weighted by Crippen LogP contribution is 2.39. The van der Waals surface area contributed by atoms with Crippen LogP contribution in [0.5, 0.6) is 0 Å². The highest BCUT2D eigenvalue weighted by molar-refractivity contribution is 6.32. The summed E-state index contributed by atoms with van der Waals surface area (Å²) in [6.45, 7) is 1.42. The van der Waals surface area contributed by atoms with Gasteiger partial charge in [-0.2, -0.15) is 0 Å². The third kappa shape index (κ3) is 5.21. The van der Waals surface area contributed by atoms with Crippen LogP contribution in [-0.4, -0.2) is 27.9 Å². The predicted molar refractivity (Wildman–Crippen MR) is 146 cm³/mol. The van der Waals surface area contributed by atoms with E-state index in [2.05, 4.69) is 5.32 Å². The summed E-state index contributed by atoms with van der Waals surface area (Å²) in [5.41, 5.74) is 3.02. The van der Waals surface area contributed by atoms with Crippen LogP contribution in [0, 0.1) is 15.9 Å². The SMILES string of the molecule is C[C@@H](OC(=O)c1c2c(nc3ccccc13)/C(=C/c1c(F)cccc1Cl)CC2)C(=O)Nc1cccc([N+](=O)[O-])c1. The molecule has 10 heteroatoms. The van der Waals surface area contributed by atoms with E-state index in [-0.39, 0.29) is 27.5 Å². The summed E-state index contributed by atoms with van der Waals surface area (Å²) in [6, 6.07) is 17.0. The number of benzene rings is 3. The topological polar surface area (TPSA) is 111 Å². The Morgan fingerprint density at radius 2 is 1.90 bits per heavy atom. The number of hydrogen-bond donors (Lipinski definition) is 1. The van der Waals surface area contributed by atoms with E-state index in [9.17, 15) is 24.1 Å². The summed E-state index contributed by atoms with van der Waals surface area (Å²) in [4.78, 5) is 41.4. The van der Waals surface area contributed by atoms with Crippen LogP contribution >= 0.6 is 11.6 Å². The number of aromatic nitrogens is 1. The maximum atomic E-state index is 14.5. The number of allylic oxidation sites excluding steroid dienone is 1. The van der Waals surface area contributed by atoms with Gasteiger partial charge in [-0.15, -0.1) is 0 Å². The second-order valence-corrected chi connectivity index (χ2v) is 9.39. The molecule has 5 rings (SSSR count). The van der Waals surface area contributed by atoms with Crippen LogP contribution < -0.4 is 5.32 Å². The van der Waals surface area contributed by atoms with Crippen molar-refractivity contribution in [2.75, 3.05) is 5.32 Å². The van der Waals surface area contributed by atoms with Crippen molar-refractivity contribution in [2.45, 2.75) is 25.9 Å². The van der Waals surface area contributed by atoms with Crippen molar-refractivity contribution in [3.05, 3.63) is 110 Å². The second kappa shape index (κ2) is 10.6. The molecule has 1 amide bonds. The Morgan fingerprint density at radius 3 is 2.67 bits per heavy atom. The van der Waals surface area contributed by atoms with Crippen LogP contribution in [0.3, 0.4) is 0 Å². The molecule has 0 radical (unpaired) electrons. The van der Waals surface area contributed by atoms with E-state index in [0.717, 1.165) is 5.57 Å². The number of nitrogens with zero attached hydrogens (tertiary/aromatic N) is 2. The molecule has 39 heavy (non-hydrogen) atoms. The maximum Gasteiger partial charge on any atom is 0.339 e. The molecule has 0 spiro atoms. The molecule has 0 saturated heterocycles. The molecule has 0 bridgehead atoms. The Hall–Kier alpha value is -4.63. The largest absolute Gasteiger partial charge is 0.449 e. The van der Waals surface area contributed by atoms with Crippen LogP contribution in [0.25, 0.3) is 22.6 Å². The van der Waals surface area contributed by atoms with Gasteiger partial charge in [0.05, 0.1) is 26.7 Å². The van der Waals surface area contributed by atoms with Crippen LogP contribution in [0.1, 0.15) is 40.5 Å². The molecule has 0 saturated carbocycles. The summed E-state index contributed by atoms with van der Waals surface area (Å²) in [5, 5.41) is 14.4. The molecule has 0 unspecified atom stereocenters. The highest BCUT2D eigenvalue weighted by Gasteiger charge is 2.30. The highest BCUT2D eigenvalue weighted by atomic mass is 35.5. The number of halogens is 2. The van der Waals surface area contributed by atoms with E-state index in [1.165, 1.54) is 43.3 Å². The molecule has 0 fully saturated rings. The van der Waals surface area contributed by atoms with Crippen molar-refractivity contribution in [1.82, 2.24) is 4.98 Å². The lowest BCUT2D eigenvalue weighted by atomic mass is 10.0. The molecule has 0 aliphatic heterocycles. The van der Waals surface area contributed by atoms with Crippen molar-refractivity contribution in [1.29, 1.82) is 0 Å². The number of ether oxygens (including phenoxy) is 1. The molecular formula is C29H21ClFN3O5. The Morgan fingerprint density at radius 1 is 1.13 bits per heavy atom. The number of nitro groups is 1. The van der Waals surface area contributed by atoms with Gasteiger partial charge in [0.2, 0.25) is 0 Å². The van der Waals surface area contributed by atoms with E-state index in [1.54, 1.807) is 36.4 Å². The molecular weight excluding hydrogens is 525 g/mol. The summed E-state index contributed by atoms with van der Waals surface area (Å²) in [7, 11) is 0. The fraction of sp³-hybridized carbons (Fsp3) is 0.138. The summed E-state index contributed by atoms with van der Waals surface area (Å²) in [6.07, 6.45) is 1.42. The van der Waals surface area contributed by atoms with Gasteiger partial charge < -0.3 is 10.1 Å². The number of amides is 1. The zero-order chi connectivity index (χ0) is 27.7. The number of pyridine rings is 1. The third-order valence-corrected chi connectivity index (χ3v) is 6.77. The van der Waals surface area contributed by atoms with Gasteiger partial charge in [0.1, 0.15) is 5.82 Å². The van der Waals surface area contributed by atoms with E-state index in [0.29, 0.717) is 35.0 Å². The summed E-state index contributed by atoms with van der Waals surface area (Å²) < 4.78 is 20.0. The maximum absolute atomic E-state index is 14.5. The smallest absolute Gasteiger partial charge is 0.339 e. The number of fused-ring (bicyclic) bond motifs is 2. The lowest BCUT2D eigenvalue weighted by molar-refractivity contribution is -0.384. The van der Waals surface area contributed by atoms with Gasteiger partial charge in [0, 0.05) is 28.8 Å². The van der Waals surface area contributed by atoms with Crippen molar-refractivity contribution in [3.8, 4) is 0 Å². The Labute approximate surface area is 227 Å². The first-order valence-corrected chi connectivity index (χ1v) is 12.4. The van der Waals surface area contributed by atoms with E-state index in [4.69, 9.17) is 21.3 Å².